The number of guanidine groups is 1. The summed E-state index contributed by atoms with van der Waals surface area (Å²) >= 11 is 1.81. The molecule has 0 saturated carbocycles. The van der Waals surface area contributed by atoms with Gasteiger partial charge in [0, 0.05) is 25.0 Å². The summed E-state index contributed by atoms with van der Waals surface area (Å²) in [5.74, 6) is 0.774. The number of hydrogen-bond donors (Lipinski definition) is 3. The zero-order valence-electron chi connectivity index (χ0n) is 16.5. The third kappa shape index (κ3) is 5.71. The Morgan fingerprint density at radius 1 is 1.35 bits per heavy atom. The lowest BCUT2D eigenvalue weighted by atomic mass is 9.93. The van der Waals surface area contributed by atoms with Crippen LogP contribution in [0, 0.1) is 5.41 Å². The minimum Gasteiger partial charge on any atom is -0.359 e. The molecule has 1 unspecified atom stereocenters. The molecular weight excluding hydrogens is 346 g/mol. The van der Waals surface area contributed by atoms with Gasteiger partial charge in [0.25, 0.3) is 0 Å². The quantitative estimate of drug-likeness (QED) is 0.478. The van der Waals surface area contributed by atoms with Crippen molar-refractivity contribution in [1.82, 2.24) is 20.9 Å². The summed E-state index contributed by atoms with van der Waals surface area (Å²) in [6.45, 7) is 10.2. The molecule has 26 heavy (non-hydrogen) atoms. The molecule has 1 aliphatic rings. The SMILES string of the molecule is CCNC(=NCC(C)(C)C(=O)NC)NCC(c1cccs1)N1CCCC1. The average Bonchev–Trinajstić information content (AvgIpc) is 3.33. The number of carbonyl (C=O) groups excluding carboxylic acids is 1. The van der Waals surface area contributed by atoms with Crippen molar-refractivity contribution in [3.63, 3.8) is 0 Å². The van der Waals surface area contributed by atoms with Gasteiger partial charge in [-0.25, -0.2) is 0 Å². The van der Waals surface area contributed by atoms with Crippen molar-refractivity contribution >= 4 is 23.2 Å². The third-order valence-corrected chi connectivity index (χ3v) is 5.71. The molecule has 0 aromatic carbocycles. The van der Waals surface area contributed by atoms with Gasteiger partial charge in [0.2, 0.25) is 5.91 Å². The molecule has 1 amide bonds. The van der Waals surface area contributed by atoms with E-state index >= 15 is 0 Å². The molecule has 1 aromatic heterocycles. The zero-order valence-corrected chi connectivity index (χ0v) is 17.3. The summed E-state index contributed by atoms with van der Waals surface area (Å²) in [7, 11) is 1.67. The molecule has 2 rings (SSSR count). The Kier molecular flexibility index (Phi) is 7.90. The lowest BCUT2D eigenvalue weighted by Crippen LogP contribution is -2.44. The molecule has 1 fully saturated rings. The first-order chi connectivity index (χ1) is 12.5. The van der Waals surface area contributed by atoms with Gasteiger partial charge in [-0.05, 0) is 58.1 Å². The molecule has 2 heterocycles. The molecule has 0 aliphatic carbocycles. The number of amides is 1. The monoisotopic (exact) mass is 379 g/mol. The molecule has 3 N–H and O–H groups in total. The molecule has 0 bridgehead atoms. The highest BCUT2D eigenvalue weighted by Crippen LogP contribution is 2.27. The van der Waals surface area contributed by atoms with Crippen molar-refractivity contribution in [3.8, 4) is 0 Å². The average molecular weight is 380 g/mol. The van der Waals surface area contributed by atoms with Crippen LogP contribution < -0.4 is 16.0 Å². The number of likely N-dealkylation sites (tertiary alicyclic amines) is 1. The van der Waals surface area contributed by atoms with Gasteiger partial charge in [0.05, 0.1) is 18.0 Å². The minimum absolute atomic E-state index is 0.00521. The maximum absolute atomic E-state index is 12.0. The molecule has 1 aliphatic heterocycles. The van der Waals surface area contributed by atoms with E-state index in [1.807, 2.05) is 25.2 Å². The van der Waals surface area contributed by atoms with Gasteiger partial charge in [0.15, 0.2) is 5.96 Å². The molecular formula is C19H33N5OS. The first-order valence-corrected chi connectivity index (χ1v) is 10.4. The fourth-order valence-electron chi connectivity index (χ4n) is 3.17. The maximum Gasteiger partial charge on any atom is 0.227 e. The Morgan fingerprint density at radius 3 is 2.65 bits per heavy atom. The predicted octanol–water partition coefficient (Wildman–Crippen LogP) is 2.21. The smallest absolute Gasteiger partial charge is 0.227 e. The van der Waals surface area contributed by atoms with Crippen LogP contribution in [0.5, 0.6) is 0 Å². The Labute approximate surface area is 161 Å². The number of rotatable bonds is 8. The van der Waals surface area contributed by atoms with Crippen LogP contribution in [0.25, 0.3) is 0 Å². The van der Waals surface area contributed by atoms with Gasteiger partial charge in [-0.15, -0.1) is 11.3 Å². The van der Waals surface area contributed by atoms with E-state index in [0.29, 0.717) is 12.6 Å². The number of carbonyl (C=O) groups is 1. The fraction of sp³-hybridized carbons (Fsp3) is 0.684. The van der Waals surface area contributed by atoms with Crippen molar-refractivity contribution in [2.24, 2.45) is 10.4 Å². The predicted molar refractivity (Wildman–Crippen MR) is 110 cm³/mol. The van der Waals surface area contributed by atoms with Crippen LogP contribution in [0.3, 0.4) is 0 Å². The highest BCUT2D eigenvalue weighted by molar-refractivity contribution is 7.10. The fourth-order valence-corrected chi connectivity index (χ4v) is 4.03. The van der Waals surface area contributed by atoms with Crippen molar-refractivity contribution in [2.45, 2.75) is 39.7 Å². The van der Waals surface area contributed by atoms with Crippen LogP contribution in [-0.4, -0.2) is 56.5 Å². The van der Waals surface area contributed by atoms with Crippen molar-refractivity contribution in [2.75, 3.05) is 39.8 Å². The number of hydrogen-bond acceptors (Lipinski definition) is 4. The minimum atomic E-state index is -0.529. The highest BCUT2D eigenvalue weighted by Gasteiger charge is 2.27. The van der Waals surface area contributed by atoms with E-state index < -0.39 is 5.41 Å². The Hall–Kier alpha value is -1.60. The van der Waals surface area contributed by atoms with Crippen LogP contribution in [0.2, 0.25) is 0 Å². The summed E-state index contributed by atoms with van der Waals surface area (Å²) in [6.07, 6.45) is 2.55. The lowest BCUT2D eigenvalue weighted by Gasteiger charge is -2.28. The van der Waals surface area contributed by atoms with Crippen molar-refractivity contribution in [1.29, 1.82) is 0 Å². The molecule has 1 saturated heterocycles. The van der Waals surface area contributed by atoms with Gasteiger partial charge >= 0.3 is 0 Å². The second-order valence-electron chi connectivity index (χ2n) is 7.31. The summed E-state index contributed by atoms with van der Waals surface area (Å²) < 4.78 is 0. The number of nitrogens with one attached hydrogen (secondary N) is 3. The van der Waals surface area contributed by atoms with E-state index in [2.05, 4.69) is 50.3 Å². The maximum atomic E-state index is 12.0. The molecule has 1 atom stereocenters. The molecule has 6 nitrogen and oxygen atoms in total. The number of thiophene rings is 1. The number of aliphatic imine (C=N–C) groups is 1. The molecule has 0 radical (unpaired) electrons. The van der Waals surface area contributed by atoms with E-state index in [0.717, 1.165) is 32.1 Å². The Balaban J connectivity index is 2.03. The zero-order chi connectivity index (χ0) is 19.0. The van der Waals surface area contributed by atoms with Crippen LogP contribution in [-0.2, 0) is 4.79 Å². The normalized spacial score (nSPS) is 17.2. The standard InChI is InChI=1S/C19H33N5OS/c1-5-21-18(23-14-19(2,3)17(25)20-4)22-13-15(16-9-8-12-26-16)24-10-6-7-11-24/h8-9,12,15H,5-7,10-11,13-14H2,1-4H3,(H,20,25)(H2,21,22,23). The topological polar surface area (TPSA) is 68.8 Å². The lowest BCUT2D eigenvalue weighted by molar-refractivity contribution is -0.128. The largest absolute Gasteiger partial charge is 0.359 e. The number of nitrogens with zero attached hydrogens (tertiary/aromatic N) is 2. The van der Waals surface area contributed by atoms with Crippen LogP contribution in [0.1, 0.15) is 44.5 Å². The summed E-state index contributed by atoms with van der Waals surface area (Å²) in [5, 5.41) is 11.6. The van der Waals surface area contributed by atoms with Crippen molar-refractivity contribution in [3.05, 3.63) is 22.4 Å². The van der Waals surface area contributed by atoms with Crippen molar-refractivity contribution < 1.29 is 4.79 Å². The first kappa shape index (κ1) is 20.7. The second kappa shape index (κ2) is 9.92. The van der Waals surface area contributed by atoms with E-state index in [1.165, 1.54) is 17.7 Å². The molecule has 0 spiro atoms. The summed E-state index contributed by atoms with van der Waals surface area (Å²) in [5.41, 5.74) is -0.529. The van der Waals surface area contributed by atoms with Gasteiger partial charge in [-0.3, -0.25) is 14.7 Å². The van der Waals surface area contributed by atoms with Crippen LogP contribution in [0.15, 0.2) is 22.5 Å². The summed E-state index contributed by atoms with van der Waals surface area (Å²) in [4.78, 5) is 20.6. The van der Waals surface area contributed by atoms with E-state index in [-0.39, 0.29) is 5.91 Å². The molecule has 7 heteroatoms. The third-order valence-electron chi connectivity index (χ3n) is 4.73. The van der Waals surface area contributed by atoms with E-state index in [4.69, 9.17) is 0 Å². The van der Waals surface area contributed by atoms with Crippen LogP contribution in [0.4, 0.5) is 0 Å². The van der Waals surface area contributed by atoms with Crippen LogP contribution >= 0.6 is 11.3 Å². The first-order valence-electron chi connectivity index (χ1n) is 9.49. The van der Waals surface area contributed by atoms with E-state index in [1.54, 1.807) is 7.05 Å². The highest BCUT2D eigenvalue weighted by atomic mass is 32.1. The van der Waals surface area contributed by atoms with Gasteiger partial charge < -0.3 is 16.0 Å². The Morgan fingerprint density at radius 2 is 2.08 bits per heavy atom. The van der Waals surface area contributed by atoms with Gasteiger partial charge in [0.1, 0.15) is 0 Å². The molecule has 146 valence electrons. The van der Waals surface area contributed by atoms with Gasteiger partial charge in [-0.2, -0.15) is 0 Å². The van der Waals surface area contributed by atoms with Gasteiger partial charge in [-0.1, -0.05) is 6.07 Å². The second-order valence-corrected chi connectivity index (χ2v) is 8.29. The Bertz CT molecular complexity index is 579. The summed E-state index contributed by atoms with van der Waals surface area (Å²) in [6, 6.07) is 4.70. The molecule has 1 aromatic rings. The van der Waals surface area contributed by atoms with E-state index in [9.17, 15) is 4.79 Å².